The van der Waals surface area contributed by atoms with Crippen LogP contribution in [0.3, 0.4) is 0 Å². The minimum Gasteiger partial charge on any atom is -0.330 e. The van der Waals surface area contributed by atoms with E-state index in [0.717, 1.165) is 16.7 Å². The molecule has 1 aliphatic heterocycles. The number of rotatable bonds is 8. The first-order chi connectivity index (χ1) is 17.2. The molecule has 0 bridgehead atoms. The van der Waals surface area contributed by atoms with Crippen molar-refractivity contribution in [3.63, 3.8) is 0 Å². The van der Waals surface area contributed by atoms with Crippen LogP contribution < -0.4 is 0 Å². The summed E-state index contributed by atoms with van der Waals surface area (Å²) in [7, 11) is -3.83. The molecule has 0 radical (unpaired) electrons. The number of carbonyl (C=O) groups is 1. The van der Waals surface area contributed by atoms with Gasteiger partial charge in [0.25, 0.3) is 0 Å². The fourth-order valence-corrected chi connectivity index (χ4v) is 7.08. The monoisotopic (exact) mass is 562 g/mol. The highest BCUT2D eigenvalue weighted by Crippen LogP contribution is 2.41. The molecule has 1 atom stereocenters. The highest BCUT2D eigenvalue weighted by atomic mass is 35.5. The molecule has 9 heteroatoms. The van der Waals surface area contributed by atoms with E-state index in [0.29, 0.717) is 23.0 Å². The zero-order valence-corrected chi connectivity index (χ0v) is 23.2. The predicted octanol–water partition coefficient (Wildman–Crippen LogP) is 6.49. The predicted molar refractivity (Wildman–Crippen MR) is 149 cm³/mol. The van der Waals surface area contributed by atoms with E-state index >= 15 is 0 Å². The number of carbonyl (C=O) groups excluding carboxylic acids is 1. The second-order valence-electron chi connectivity index (χ2n) is 9.15. The zero-order valence-electron chi connectivity index (χ0n) is 20.1. The molecule has 190 valence electrons. The van der Waals surface area contributed by atoms with Crippen molar-refractivity contribution in [1.29, 1.82) is 0 Å². The lowest BCUT2D eigenvalue weighted by atomic mass is 9.93. The van der Waals surface area contributed by atoms with Gasteiger partial charge in [-0.3, -0.25) is 4.79 Å². The van der Waals surface area contributed by atoms with Crippen LogP contribution in [-0.2, 0) is 21.2 Å². The number of fused-ring (bicyclic) bond motifs is 1. The fourth-order valence-electron chi connectivity index (χ4n) is 4.37. The molecular formula is C27H28Cl2N2O3S2. The number of amides is 1. The summed E-state index contributed by atoms with van der Waals surface area (Å²) in [5, 5.41) is 4.18. The Hall–Kier alpha value is -2.16. The van der Waals surface area contributed by atoms with E-state index in [1.807, 2.05) is 61.7 Å². The third-order valence-electron chi connectivity index (χ3n) is 6.02. The van der Waals surface area contributed by atoms with Crippen LogP contribution in [-0.4, -0.2) is 43.2 Å². The van der Waals surface area contributed by atoms with Crippen LogP contribution in [0.25, 0.3) is 6.08 Å². The molecule has 0 N–H and O–H groups in total. The topological polar surface area (TPSA) is 57.7 Å². The molecule has 1 unspecified atom stereocenters. The largest absolute Gasteiger partial charge is 0.330 e. The molecule has 4 rings (SSSR count). The number of hydrogen-bond acceptors (Lipinski definition) is 4. The van der Waals surface area contributed by atoms with Crippen LogP contribution >= 0.6 is 34.5 Å². The van der Waals surface area contributed by atoms with Crippen molar-refractivity contribution in [3.05, 3.63) is 97.0 Å². The molecular weight excluding hydrogens is 535 g/mol. The quantitative estimate of drug-likeness (QED) is 0.315. The number of sulfonamides is 1. The van der Waals surface area contributed by atoms with Gasteiger partial charge in [-0.1, -0.05) is 73.4 Å². The van der Waals surface area contributed by atoms with Crippen molar-refractivity contribution < 1.29 is 13.2 Å². The van der Waals surface area contributed by atoms with Gasteiger partial charge in [0, 0.05) is 33.4 Å². The van der Waals surface area contributed by atoms with E-state index in [9.17, 15) is 13.2 Å². The lowest BCUT2D eigenvalue weighted by molar-refractivity contribution is -0.133. The van der Waals surface area contributed by atoms with Gasteiger partial charge in [0.05, 0.1) is 12.6 Å². The first kappa shape index (κ1) is 26.9. The summed E-state index contributed by atoms with van der Waals surface area (Å²) in [5.41, 5.74) is 2.57. The average molecular weight is 564 g/mol. The van der Waals surface area contributed by atoms with Crippen molar-refractivity contribution in [3.8, 4) is 0 Å². The Morgan fingerprint density at radius 3 is 2.58 bits per heavy atom. The normalized spacial score (nSPS) is 16.2. The molecule has 0 aliphatic carbocycles. The smallest absolute Gasteiger partial charge is 0.238 e. The first-order valence-electron chi connectivity index (χ1n) is 11.7. The van der Waals surface area contributed by atoms with Gasteiger partial charge in [0.1, 0.15) is 0 Å². The number of nitrogens with zero attached hydrogens (tertiary/aromatic N) is 2. The zero-order chi connectivity index (χ0) is 25.9. The molecule has 0 spiro atoms. The van der Waals surface area contributed by atoms with Gasteiger partial charge in [0.15, 0.2) is 0 Å². The van der Waals surface area contributed by atoms with Gasteiger partial charge in [-0.05, 0) is 58.7 Å². The minimum absolute atomic E-state index is 0.0454. The van der Waals surface area contributed by atoms with Crippen molar-refractivity contribution in [2.45, 2.75) is 26.3 Å². The van der Waals surface area contributed by atoms with E-state index < -0.39 is 16.1 Å². The van der Waals surface area contributed by atoms with Crippen molar-refractivity contribution in [1.82, 2.24) is 9.21 Å². The number of hydrogen-bond donors (Lipinski definition) is 0. The molecule has 1 aliphatic rings. The summed E-state index contributed by atoms with van der Waals surface area (Å²) < 4.78 is 27.9. The van der Waals surface area contributed by atoms with Crippen LogP contribution in [0.5, 0.6) is 0 Å². The van der Waals surface area contributed by atoms with Gasteiger partial charge in [-0.2, -0.15) is 4.31 Å². The Labute approximate surface area is 227 Å². The summed E-state index contributed by atoms with van der Waals surface area (Å²) in [6.07, 6.45) is 2.27. The Kier molecular flexibility index (Phi) is 8.58. The Balaban J connectivity index is 1.64. The third-order valence-corrected chi connectivity index (χ3v) is 9.05. The fraction of sp³-hybridized carbons (Fsp3) is 0.296. The first-order valence-corrected chi connectivity index (χ1v) is 14.8. The van der Waals surface area contributed by atoms with E-state index in [4.69, 9.17) is 23.2 Å². The SMILES string of the molecule is CC(C)CN(CC(=O)N1CCc2sccc2C1c1ccc(Cl)cc1Cl)S(=O)(=O)/C=C/c1ccccc1. The van der Waals surface area contributed by atoms with Crippen molar-refractivity contribution in [2.75, 3.05) is 19.6 Å². The summed E-state index contributed by atoms with van der Waals surface area (Å²) in [4.78, 5) is 16.7. The van der Waals surface area contributed by atoms with Gasteiger partial charge < -0.3 is 4.90 Å². The van der Waals surface area contributed by atoms with Gasteiger partial charge >= 0.3 is 0 Å². The molecule has 2 heterocycles. The summed E-state index contributed by atoms with van der Waals surface area (Å²) in [5.74, 6) is -0.218. The Morgan fingerprint density at radius 2 is 1.89 bits per heavy atom. The molecule has 1 aromatic heterocycles. The summed E-state index contributed by atoms with van der Waals surface area (Å²) in [6, 6.07) is 16.1. The van der Waals surface area contributed by atoms with E-state index in [1.165, 1.54) is 14.6 Å². The molecule has 0 fully saturated rings. The molecule has 36 heavy (non-hydrogen) atoms. The maximum absolute atomic E-state index is 13.7. The number of halogens is 2. The summed E-state index contributed by atoms with van der Waals surface area (Å²) in [6.45, 7) is 4.33. The second-order valence-corrected chi connectivity index (χ2v) is 12.8. The third kappa shape index (κ3) is 6.21. The Morgan fingerprint density at radius 1 is 1.14 bits per heavy atom. The standard InChI is InChI=1S/C27H28Cl2N2O3S2/c1-19(2)17-30(36(33,34)15-12-20-6-4-3-5-7-20)18-26(32)31-13-10-25-23(11-14-35-25)27(31)22-9-8-21(28)16-24(22)29/h3-9,11-12,14-16,19,27H,10,13,17-18H2,1-2H3/b15-12+. The van der Waals surface area contributed by atoms with E-state index in [2.05, 4.69) is 0 Å². The van der Waals surface area contributed by atoms with Crippen molar-refractivity contribution in [2.24, 2.45) is 5.92 Å². The summed E-state index contributed by atoms with van der Waals surface area (Å²) >= 11 is 14.4. The molecule has 2 aromatic carbocycles. The number of thiophene rings is 1. The van der Waals surface area contributed by atoms with E-state index in [1.54, 1.807) is 34.4 Å². The maximum atomic E-state index is 13.7. The molecule has 0 saturated carbocycles. The van der Waals surface area contributed by atoms with Crippen LogP contribution in [0.2, 0.25) is 10.0 Å². The molecule has 5 nitrogen and oxygen atoms in total. The maximum Gasteiger partial charge on any atom is 0.238 e. The minimum atomic E-state index is -3.83. The average Bonchev–Trinajstić information content (AvgIpc) is 3.31. The van der Waals surface area contributed by atoms with Gasteiger partial charge in [-0.15, -0.1) is 11.3 Å². The highest BCUT2D eigenvalue weighted by molar-refractivity contribution is 7.92. The van der Waals surface area contributed by atoms with Crippen LogP contribution in [0.15, 0.2) is 65.4 Å². The van der Waals surface area contributed by atoms with Crippen LogP contribution in [0, 0.1) is 5.92 Å². The molecule has 0 saturated heterocycles. The lowest BCUT2D eigenvalue weighted by Gasteiger charge is -2.38. The Bertz CT molecular complexity index is 1350. The van der Waals surface area contributed by atoms with Crippen LogP contribution in [0.1, 0.15) is 41.5 Å². The van der Waals surface area contributed by atoms with Gasteiger partial charge in [0.2, 0.25) is 15.9 Å². The van der Waals surface area contributed by atoms with Gasteiger partial charge in [-0.25, -0.2) is 8.42 Å². The highest BCUT2D eigenvalue weighted by Gasteiger charge is 2.36. The second kappa shape index (κ2) is 11.5. The van der Waals surface area contributed by atoms with E-state index in [-0.39, 0.29) is 24.9 Å². The van der Waals surface area contributed by atoms with Crippen LogP contribution in [0.4, 0.5) is 0 Å². The molecule has 1 amide bonds. The van der Waals surface area contributed by atoms with Crippen molar-refractivity contribution >= 4 is 56.5 Å². The lowest BCUT2D eigenvalue weighted by Crippen LogP contribution is -2.47. The molecule has 3 aromatic rings. The number of benzene rings is 2.